The number of hydrogen-bond acceptors (Lipinski definition) is 8. The number of nitrogens with one attached hydrogen (secondary N) is 2. The van der Waals surface area contributed by atoms with Gasteiger partial charge in [0.05, 0.1) is 24.3 Å². The SMILES string of the molecule is C=CCN1CC(=O)N2[C@@H](Cc3ccc(O)cc3)C(=O)N(CC3=CC4(C)NN(C)N=C4C=C3)C[C@@H]2N1C(=O)NCc1ccccc1. The van der Waals surface area contributed by atoms with Gasteiger partial charge in [0.1, 0.15) is 18.0 Å². The minimum atomic E-state index is -0.854. The van der Waals surface area contributed by atoms with E-state index in [0.717, 1.165) is 22.4 Å². The maximum atomic E-state index is 14.3. The molecule has 2 fully saturated rings. The number of carbonyl (C=O) groups excluding carboxylic acids is 3. The molecule has 2 aromatic carbocycles. The highest BCUT2D eigenvalue weighted by molar-refractivity contribution is 6.06. The minimum absolute atomic E-state index is 0.0752. The fourth-order valence-electron chi connectivity index (χ4n) is 6.47. The molecule has 1 unspecified atom stereocenters. The van der Waals surface area contributed by atoms with Gasteiger partial charge in [-0.05, 0) is 41.8 Å². The third kappa shape index (κ3) is 6.06. The number of hydrazone groups is 1. The maximum absolute atomic E-state index is 14.3. The molecule has 4 amide bonds. The first-order chi connectivity index (χ1) is 21.6. The molecular formula is C33H38N8O4. The van der Waals surface area contributed by atoms with Crippen molar-refractivity contribution in [3.05, 3.63) is 102 Å². The van der Waals surface area contributed by atoms with Crippen LogP contribution in [0.25, 0.3) is 0 Å². The van der Waals surface area contributed by atoms with E-state index in [4.69, 9.17) is 0 Å². The van der Waals surface area contributed by atoms with Gasteiger partial charge >= 0.3 is 6.03 Å². The number of aromatic hydroxyl groups is 1. The molecule has 12 nitrogen and oxygen atoms in total. The summed E-state index contributed by atoms with van der Waals surface area (Å²) in [5, 5.41) is 22.3. The lowest BCUT2D eigenvalue weighted by atomic mass is 9.88. The van der Waals surface area contributed by atoms with Gasteiger partial charge in [0, 0.05) is 33.1 Å². The molecule has 45 heavy (non-hydrogen) atoms. The summed E-state index contributed by atoms with van der Waals surface area (Å²) in [6, 6.07) is 15.0. The highest BCUT2D eigenvalue weighted by atomic mass is 16.3. The zero-order valence-electron chi connectivity index (χ0n) is 25.5. The van der Waals surface area contributed by atoms with Crippen LogP contribution in [0.5, 0.6) is 5.75 Å². The van der Waals surface area contributed by atoms with Crippen molar-refractivity contribution >= 4 is 23.6 Å². The minimum Gasteiger partial charge on any atom is -0.508 e. The smallest absolute Gasteiger partial charge is 0.334 e. The van der Waals surface area contributed by atoms with Gasteiger partial charge in [-0.3, -0.25) is 9.59 Å². The molecule has 3 N–H and O–H groups in total. The van der Waals surface area contributed by atoms with Crippen molar-refractivity contribution in [3.8, 4) is 5.75 Å². The molecule has 0 bridgehead atoms. The third-order valence-electron chi connectivity index (χ3n) is 8.52. The second-order valence-corrected chi connectivity index (χ2v) is 11.9. The van der Waals surface area contributed by atoms with Crippen LogP contribution in [0.2, 0.25) is 0 Å². The van der Waals surface area contributed by atoms with Crippen LogP contribution >= 0.6 is 0 Å². The Hall–Kier alpha value is -4.94. The molecular weight excluding hydrogens is 572 g/mol. The van der Waals surface area contributed by atoms with Gasteiger partial charge in [0.25, 0.3) is 0 Å². The molecule has 3 heterocycles. The van der Waals surface area contributed by atoms with Crippen LogP contribution in [0.4, 0.5) is 4.79 Å². The first-order valence-electron chi connectivity index (χ1n) is 15.0. The Kier molecular flexibility index (Phi) is 8.17. The average Bonchev–Trinajstić information content (AvgIpc) is 3.32. The predicted octanol–water partition coefficient (Wildman–Crippen LogP) is 1.99. The van der Waals surface area contributed by atoms with Crippen LogP contribution in [-0.4, -0.2) is 105 Å². The van der Waals surface area contributed by atoms with Crippen LogP contribution in [0.15, 0.2) is 96.2 Å². The van der Waals surface area contributed by atoms with Gasteiger partial charge in [-0.2, -0.15) is 5.10 Å². The van der Waals surface area contributed by atoms with Crippen molar-refractivity contribution in [1.82, 2.24) is 35.7 Å². The average molecular weight is 611 g/mol. The zero-order chi connectivity index (χ0) is 31.7. The Morgan fingerprint density at radius 3 is 2.62 bits per heavy atom. The van der Waals surface area contributed by atoms with Crippen LogP contribution in [0.3, 0.4) is 0 Å². The summed E-state index contributed by atoms with van der Waals surface area (Å²) < 4.78 is 0. The highest BCUT2D eigenvalue weighted by Gasteiger charge is 2.51. The number of hydrogen-bond donors (Lipinski definition) is 3. The fraction of sp³-hybridized carbons (Fsp3) is 0.333. The standard InChI is InChI=1S/C33H38N8O4/c1-4-16-39-22-30(43)40-27(17-23-10-13-26(42)14-11-23)31(44)38(20-25-12-15-28-33(2,18-25)36-37(3)35-28)21-29(40)41(39)32(45)34-19-24-8-6-5-7-9-24/h4-15,18,27,29,36,42H,1,16-17,19-22H2,2-3H3,(H,34,45)/t27-,29-,33?/m0/s1. The van der Waals surface area contributed by atoms with E-state index < -0.39 is 17.7 Å². The quantitative estimate of drug-likeness (QED) is 0.391. The number of phenolic OH excluding ortho intramolecular Hbond substituents is 1. The highest BCUT2D eigenvalue weighted by Crippen LogP contribution is 2.31. The van der Waals surface area contributed by atoms with Crippen LogP contribution in [-0.2, 0) is 22.6 Å². The maximum Gasteiger partial charge on any atom is 0.334 e. The summed E-state index contributed by atoms with van der Waals surface area (Å²) in [6.07, 6.45) is 7.09. The third-order valence-corrected chi connectivity index (χ3v) is 8.52. The van der Waals surface area contributed by atoms with Crippen molar-refractivity contribution in [3.63, 3.8) is 0 Å². The number of phenols is 1. The molecule has 12 heteroatoms. The molecule has 4 aliphatic rings. The molecule has 2 saturated heterocycles. The first-order valence-corrected chi connectivity index (χ1v) is 15.0. The summed E-state index contributed by atoms with van der Waals surface area (Å²) in [6.45, 7) is 6.79. The Labute approximate surface area is 262 Å². The van der Waals surface area contributed by atoms with E-state index in [1.807, 2.05) is 56.5 Å². The summed E-state index contributed by atoms with van der Waals surface area (Å²) in [5.41, 5.74) is 6.32. The topological polar surface area (TPSA) is 124 Å². The molecule has 3 aliphatic heterocycles. The van der Waals surface area contributed by atoms with Crippen molar-refractivity contribution in [1.29, 1.82) is 0 Å². The van der Waals surface area contributed by atoms with E-state index in [-0.39, 0.29) is 56.2 Å². The Balaban J connectivity index is 1.33. The van der Waals surface area contributed by atoms with Gasteiger partial charge < -0.3 is 20.2 Å². The van der Waals surface area contributed by atoms with E-state index in [1.165, 1.54) is 0 Å². The van der Waals surface area contributed by atoms with Gasteiger partial charge in [0.2, 0.25) is 11.8 Å². The summed E-state index contributed by atoms with van der Waals surface area (Å²) in [4.78, 5) is 45.3. The number of amides is 4. The van der Waals surface area contributed by atoms with Crippen molar-refractivity contribution < 1.29 is 19.5 Å². The van der Waals surface area contributed by atoms with E-state index >= 15 is 0 Å². The fourth-order valence-corrected chi connectivity index (χ4v) is 6.47. The number of fused-ring (bicyclic) bond motifs is 2. The Morgan fingerprint density at radius 1 is 1.13 bits per heavy atom. The molecule has 2 aromatic rings. The normalized spacial score (nSPS) is 24.7. The van der Waals surface area contributed by atoms with Gasteiger partial charge in [0.15, 0.2) is 0 Å². The van der Waals surface area contributed by atoms with Crippen LogP contribution < -0.4 is 10.7 Å². The molecule has 3 atom stereocenters. The Bertz CT molecular complexity index is 1570. The number of nitrogens with zero attached hydrogens (tertiary/aromatic N) is 6. The van der Waals surface area contributed by atoms with Crippen LogP contribution in [0, 0.1) is 0 Å². The molecule has 234 valence electrons. The van der Waals surface area contributed by atoms with Gasteiger partial charge in [-0.25, -0.2) is 25.4 Å². The number of rotatable bonds is 8. The zero-order valence-corrected chi connectivity index (χ0v) is 25.5. The van der Waals surface area contributed by atoms with Crippen LogP contribution in [0.1, 0.15) is 18.1 Å². The summed E-state index contributed by atoms with van der Waals surface area (Å²) >= 11 is 0. The lowest BCUT2D eigenvalue weighted by Gasteiger charge is -2.55. The number of hydrazine groups is 2. The lowest BCUT2D eigenvalue weighted by molar-refractivity contribution is -0.188. The predicted molar refractivity (Wildman–Crippen MR) is 169 cm³/mol. The van der Waals surface area contributed by atoms with E-state index in [0.29, 0.717) is 6.54 Å². The summed E-state index contributed by atoms with van der Waals surface area (Å²) in [7, 11) is 1.83. The van der Waals surface area contributed by atoms with E-state index in [2.05, 4.69) is 28.5 Å². The Morgan fingerprint density at radius 2 is 1.89 bits per heavy atom. The second-order valence-electron chi connectivity index (χ2n) is 11.9. The summed E-state index contributed by atoms with van der Waals surface area (Å²) in [5.74, 6) is -0.332. The molecule has 0 spiro atoms. The molecule has 0 radical (unpaired) electrons. The number of urea groups is 1. The monoisotopic (exact) mass is 610 g/mol. The van der Waals surface area contributed by atoms with E-state index in [9.17, 15) is 19.5 Å². The van der Waals surface area contributed by atoms with Gasteiger partial charge in [-0.1, -0.05) is 60.7 Å². The second kappa shape index (κ2) is 12.2. The first kappa shape index (κ1) is 30.1. The molecule has 0 aromatic heterocycles. The van der Waals surface area contributed by atoms with Crippen molar-refractivity contribution in [2.24, 2.45) is 5.10 Å². The van der Waals surface area contributed by atoms with Gasteiger partial charge in [-0.15, -0.1) is 6.58 Å². The number of carbonyl (C=O) groups is 3. The molecule has 6 rings (SSSR count). The lowest BCUT2D eigenvalue weighted by Crippen LogP contribution is -2.76. The van der Waals surface area contributed by atoms with E-state index in [1.54, 1.807) is 55.3 Å². The van der Waals surface area contributed by atoms with Crippen molar-refractivity contribution in [2.75, 3.05) is 33.2 Å². The number of benzene rings is 2. The van der Waals surface area contributed by atoms with Crippen molar-refractivity contribution in [2.45, 2.75) is 37.6 Å². The largest absolute Gasteiger partial charge is 0.508 e. The molecule has 1 aliphatic carbocycles. The molecule has 0 saturated carbocycles. The number of piperazine rings is 1.